The molecule has 1 aromatic carbocycles. The Morgan fingerprint density at radius 3 is 2.57 bits per heavy atom. The fourth-order valence-electron chi connectivity index (χ4n) is 1.43. The Kier molecular flexibility index (Phi) is 2.39. The van der Waals surface area contributed by atoms with Crippen LogP contribution in [0.2, 0.25) is 0 Å². The fraction of sp³-hybridized carbons (Fsp3) is 0.364. The number of guanidine groups is 1. The highest BCUT2D eigenvalue weighted by atomic mass is 15.3. The van der Waals surface area contributed by atoms with Crippen LogP contribution in [0.5, 0.6) is 0 Å². The second-order valence-corrected chi connectivity index (χ2v) is 3.62. The summed E-state index contributed by atoms with van der Waals surface area (Å²) in [4.78, 5) is 6.49. The van der Waals surface area contributed by atoms with E-state index in [2.05, 4.69) is 46.4 Å². The van der Waals surface area contributed by atoms with Crippen LogP contribution in [-0.2, 0) is 0 Å². The van der Waals surface area contributed by atoms with Crippen molar-refractivity contribution >= 4 is 11.6 Å². The SMILES string of the molecule is Cc1ccc(NC2=NCCN2C)cc1. The number of rotatable bonds is 1. The third-order valence-corrected chi connectivity index (χ3v) is 2.37. The first-order valence-corrected chi connectivity index (χ1v) is 4.85. The molecule has 0 spiro atoms. The van der Waals surface area contributed by atoms with E-state index < -0.39 is 0 Å². The summed E-state index contributed by atoms with van der Waals surface area (Å²) in [6.45, 7) is 3.99. The maximum Gasteiger partial charge on any atom is 0.198 e. The second-order valence-electron chi connectivity index (χ2n) is 3.62. The summed E-state index contributed by atoms with van der Waals surface area (Å²) in [5.74, 6) is 0.967. The predicted octanol–water partition coefficient (Wildman–Crippen LogP) is 1.71. The van der Waals surface area contributed by atoms with E-state index in [1.165, 1.54) is 5.56 Å². The van der Waals surface area contributed by atoms with Crippen LogP contribution in [-0.4, -0.2) is 31.0 Å². The van der Waals surface area contributed by atoms with Gasteiger partial charge in [0.15, 0.2) is 5.96 Å². The molecule has 2 rings (SSSR count). The lowest BCUT2D eigenvalue weighted by Gasteiger charge is -2.15. The van der Waals surface area contributed by atoms with Crippen LogP contribution in [0.3, 0.4) is 0 Å². The lowest BCUT2D eigenvalue weighted by atomic mass is 10.2. The smallest absolute Gasteiger partial charge is 0.198 e. The van der Waals surface area contributed by atoms with Gasteiger partial charge in [0.05, 0.1) is 6.54 Å². The molecule has 1 aliphatic rings. The van der Waals surface area contributed by atoms with Gasteiger partial charge >= 0.3 is 0 Å². The summed E-state index contributed by atoms with van der Waals surface area (Å²) in [6.07, 6.45) is 0. The highest BCUT2D eigenvalue weighted by Crippen LogP contribution is 2.10. The number of anilines is 1. The molecule has 3 heteroatoms. The van der Waals surface area contributed by atoms with Crippen molar-refractivity contribution in [3.8, 4) is 0 Å². The molecule has 0 bridgehead atoms. The number of likely N-dealkylation sites (N-methyl/N-ethyl adjacent to an activating group) is 1. The van der Waals surface area contributed by atoms with Crippen LogP contribution in [0.1, 0.15) is 5.56 Å². The first-order valence-electron chi connectivity index (χ1n) is 4.85. The number of hydrogen-bond donors (Lipinski definition) is 1. The van der Waals surface area contributed by atoms with E-state index in [1.807, 2.05) is 7.05 Å². The van der Waals surface area contributed by atoms with Crippen molar-refractivity contribution in [1.82, 2.24) is 4.90 Å². The van der Waals surface area contributed by atoms with Gasteiger partial charge in [0, 0.05) is 19.3 Å². The Balaban J connectivity index is 2.07. The van der Waals surface area contributed by atoms with Crippen LogP contribution in [0, 0.1) is 6.92 Å². The van der Waals surface area contributed by atoms with E-state index in [-0.39, 0.29) is 0 Å². The molecule has 1 aromatic rings. The number of aryl methyl sites for hydroxylation is 1. The first-order chi connectivity index (χ1) is 6.75. The van der Waals surface area contributed by atoms with Gasteiger partial charge in [-0.05, 0) is 19.1 Å². The van der Waals surface area contributed by atoms with E-state index in [9.17, 15) is 0 Å². The third kappa shape index (κ3) is 1.87. The third-order valence-electron chi connectivity index (χ3n) is 2.37. The summed E-state index contributed by atoms with van der Waals surface area (Å²) in [5, 5.41) is 3.29. The van der Waals surface area contributed by atoms with Gasteiger partial charge in [0.25, 0.3) is 0 Å². The molecule has 0 saturated carbocycles. The lowest BCUT2D eigenvalue weighted by molar-refractivity contribution is 0.555. The molecule has 0 saturated heterocycles. The van der Waals surface area contributed by atoms with Crippen molar-refractivity contribution in [3.63, 3.8) is 0 Å². The molecule has 0 amide bonds. The second kappa shape index (κ2) is 3.70. The molecule has 0 radical (unpaired) electrons. The normalized spacial score (nSPS) is 15.6. The van der Waals surface area contributed by atoms with Crippen LogP contribution in [0.4, 0.5) is 5.69 Å². The number of aliphatic imine (C=N–C) groups is 1. The number of benzene rings is 1. The molecular weight excluding hydrogens is 174 g/mol. The van der Waals surface area contributed by atoms with Crippen molar-refractivity contribution in [2.45, 2.75) is 6.92 Å². The summed E-state index contributed by atoms with van der Waals surface area (Å²) >= 11 is 0. The summed E-state index contributed by atoms with van der Waals surface area (Å²) in [5.41, 5.74) is 2.38. The highest BCUT2D eigenvalue weighted by Gasteiger charge is 2.11. The molecule has 0 unspecified atom stereocenters. The minimum absolute atomic E-state index is 0.894. The summed E-state index contributed by atoms with van der Waals surface area (Å²) in [6, 6.07) is 8.34. The molecule has 0 atom stereocenters. The topological polar surface area (TPSA) is 27.6 Å². The number of nitrogens with one attached hydrogen (secondary N) is 1. The Morgan fingerprint density at radius 2 is 2.00 bits per heavy atom. The number of hydrogen-bond acceptors (Lipinski definition) is 3. The molecule has 1 N–H and O–H groups in total. The quantitative estimate of drug-likeness (QED) is 0.728. The zero-order valence-electron chi connectivity index (χ0n) is 8.62. The van der Waals surface area contributed by atoms with Gasteiger partial charge < -0.3 is 10.2 Å². The van der Waals surface area contributed by atoms with Crippen LogP contribution in [0.25, 0.3) is 0 Å². The first kappa shape index (κ1) is 9.06. The Hall–Kier alpha value is -1.51. The molecular formula is C11H15N3. The van der Waals surface area contributed by atoms with Crippen molar-refractivity contribution in [3.05, 3.63) is 29.8 Å². The zero-order valence-corrected chi connectivity index (χ0v) is 8.62. The minimum Gasteiger partial charge on any atom is -0.344 e. The maximum absolute atomic E-state index is 4.37. The van der Waals surface area contributed by atoms with Crippen LogP contribution >= 0.6 is 0 Å². The van der Waals surface area contributed by atoms with E-state index >= 15 is 0 Å². The molecule has 1 heterocycles. The largest absolute Gasteiger partial charge is 0.344 e. The van der Waals surface area contributed by atoms with E-state index in [1.54, 1.807) is 0 Å². The molecule has 0 aromatic heterocycles. The Morgan fingerprint density at radius 1 is 1.29 bits per heavy atom. The Bertz CT molecular complexity index is 340. The average Bonchev–Trinajstić information content (AvgIpc) is 2.56. The fourth-order valence-corrected chi connectivity index (χ4v) is 1.43. The standard InChI is InChI=1S/C11H15N3/c1-9-3-5-10(6-4-9)13-11-12-7-8-14(11)2/h3-6H,7-8H2,1-2H3,(H,12,13). The molecule has 3 nitrogen and oxygen atoms in total. The van der Waals surface area contributed by atoms with Crippen molar-refractivity contribution in [2.24, 2.45) is 4.99 Å². The molecule has 1 aliphatic heterocycles. The van der Waals surface area contributed by atoms with Gasteiger partial charge in [0.1, 0.15) is 0 Å². The van der Waals surface area contributed by atoms with Crippen molar-refractivity contribution in [2.75, 3.05) is 25.5 Å². The van der Waals surface area contributed by atoms with Crippen molar-refractivity contribution < 1.29 is 0 Å². The van der Waals surface area contributed by atoms with Gasteiger partial charge in [-0.1, -0.05) is 17.7 Å². The zero-order chi connectivity index (χ0) is 9.97. The molecule has 0 aliphatic carbocycles. The Labute approximate surface area is 84.5 Å². The molecule has 0 fully saturated rings. The predicted molar refractivity (Wildman–Crippen MR) is 59.7 cm³/mol. The van der Waals surface area contributed by atoms with Crippen LogP contribution < -0.4 is 5.32 Å². The molecule has 74 valence electrons. The minimum atomic E-state index is 0.894. The van der Waals surface area contributed by atoms with Gasteiger partial charge in [0.2, 0.25) is 0 Å². The van der Waals surface area contributed by atoms with Gasteiger partial charge in [-0.2, -0.15) is 0 Å². The van der Waals surface area contributed by atoms with E-state index in [0.29, 0.717) is 0 Å². The summed E-state index contributed by atoms with van der Waals surface area (Å²) < 4.78 is 0. The van der Waals surface area contributed by atoms with Crippen LogP contribution in [0.15, 0.2) is 29.3 Å². The van der Waals surface area contributed by atoms with Gasteiger partial charge in [-0.25, -0.2) is 0 Å². The van der Waals surface area contributed by atoms with Gasteiger partial charge in [-0.3, -0.25) is 4.99 Å². The highest BCUT2D eigenvalue weighted by molar-refractivity contribution is 5.94. The molecule has 14 heavy (non-hydrogen) atoms. The average molecular weight is 189 g/mol. The van der Waals surface area contributed by atoms with Gasteiger partial charge in [-0.15, -0.1) is 0 Å². The van der Waals surface area contributed by atoms with Crippen molar-refractivity contribution in [1.29, 1.82) is 0 Å². The monoisotopic (exact) mass is 189 g/mol. The van der Waals surface area contributed by atoms with E-state index in [0.717, 1.165) is 24.7 Å². The number of nitrogens with zero attached hydrogens (tertiary/aromatic N) is 2. The maximum atomic E-state index is 4.37. The van der Waals surface area contributed by atoms with E-state index in [4.69, 9.17) is 0 Å². The summed E-state index contributed by atoms with van der Waals surface area (Å²) in [7, 11) is 2.05. The lowest BCUT2D eigenvalue weighted by Crippen LogP contribution is -2.28.